The van der Waals surface area contributed by atoms with Gasteiger partial charge in [0, 0.05) is 22.7 Å². The molecule has 1 saturated heterocycles. The van der Waals surface area contributed by atoms with Crippen LogP contribution >= 0.6 is 22.9 Å². The number of thiophene rings is 1. The number of aliphatic hydroxyl groups excluding tert-OH is 1. The topological polar surface area (TPSA) is 94.5 Å². The number of halogens is 1. The van der Waals surface area contributed by atoms with Crippen LogP contribution in [0.1, 0.15) is 22.0 Å². The Morgan fingerprint density at radius 3 is 2.17 bits per heavy atom. The van der Waals surface area contributed by atoms with E-state index in [0.29, 0.717) is 17.2 Å². The molecule has 1 aliphatic heterocycles. The molecule has 4 rings (SSSR count). The average molecular weight is 530 g/mol. The Balaban J connectivity index is 1.99. The van der Waals surface area contributed by atoms with Crippen LogP contribution in [0, 0.1) is 6.92 Å². The van der Waals surface area contributed by atoms with Gasteiger partial charge in [-0.1, -0.05) is 11.6 Å². The van der Waals surface area contributed by atoms with E-state index < -0.39 is 23.5 Å². The van der Waals surface area contributed by atoms with Crippen molar-refractivity contribution in [2.75, 3.05) is 33.3 Å². The quantitative estimate of drug-likeness (QED) is 0.250. The van der Waals surface area contributed by atoms with Gasteiger partial charge in [-0.15, -0.1) is 11.3 Å². The Morgan fingerprint density at radius 2 is 1.58 bits per heavy atom. The van der Waals surface area contributed by atoms with E-state index in [1.165, 1.54) is 56.8 Å². The van der Waals surface area contributed by atoms with Crippen LogP contribution in [0.2, 0.25) is 5.02 Å². The van der Waals surface area contributed by atoms with Crippen molar-refractivity contribution in [2.45, 2.75) is 13.0 Å². The Morgan fingerprint density at radius 1 is 0.917 bits per heavy atom. The van der Waals surface area contributed by atoms with E-state index in [1.54, 1.807) is 18.2 Å². The van der Waals surface area contributed by atoms with Gasteiger partial charge in [-0.2, -0.15) is 0 Å². The molecule has 1 N–H and O–H groups in total. The SMILES string of the molecule is COc1cc(/C(O)=C2\C(=O)C(=O)N(c3ccc(OC)c(OC)c3)C2c2sccc2C)c(OC)cc1Cl. The van der Waals surface area contributed by atoms with Crippen LogP contribution in [-0.2, 0) is 9.59 Å². The number of anilines is 1. The molecule has 1 fully saturated rings. The lowest BCUT2D eigenvalue weighted by molar-refractivity contribution is -0.132. The fourth-order valence-electron chi connectivity index (χ4n) is 4.18. The number of benzene rings is 2. The number of nitrogens with zero attached hydrogens (tertiary/aromatic N) is 1. The number of carbonyl (C=O) groups excluding carboxylic acids is 2. The fourth-order valence-corrected chi connectivity index (χ4v) is 5.43. The molecule has 0 saturated carbocycles. The molecule has 1 aliphatic rings. The summed E-state index contributed by atoms with van der Waals surface area (Å²) in [6, 6.07) is 8.87. The number of Topliss-reactive ketones (excluding diaryl/α,β-unsaturated/α-hetero) is 1. The maximum absolute atomic E-state index is 13.5. The molecule has 1 amide bonds. The molecule has 0 radical (unpaired) electrons. The van der Waals surface area contributed by atoms with Crippen LogP contribution in [0.4, 0.5) is 5.69 Å². The molecular weight excluding hydrogens is 506 g/mol. The van der Waals surface area contributed by atoms with Crippen LogP contribution in [-0.4, -0.2) is 45.2 Å². The van der Waals surface area contributed by atoms with Crippen LogP contribution < -0.4 is 23.8 Å². The summed E-state index contributed by atoms with van der Waals surface area (Å²) in [5.41, 5.74) is 1.36. The zero-order valence-electron chi connectivity index (χ0n) is 20.2. The second-order valence-corrected chi connectivity index (χ2v) is 9.22. The number of carbonyl (C=O) groups is 2. The molecule has 2 heterocycles. The van der Waals surface area contributed by atoms with Crippen molar-refractivity contribution in [2.24, 2.45) is 0 Å². The van der Waals surface area contributed by atoms with E-state index in [-0.39, 0.29) is 27.7 Å². The Hall–Kier alpha value is -3.69. The highest BCUT2D eigenvalue weighted by molar-refractivity contribution is 7.10. The molecule has 1 aromatic heterocycles. The van der Waals surface area contributed by atoms with Gasteiger partial charge in [-0.05, 0) is 42.1 Å². The standard InChI is InChI=1S/C26H24ClNO7S/c1-13-8-9-36-25(13)22-21(23(29)15-11-19(34-4)16(27)12-18(15)33-3)24(30)26(31)28(22)14-6-7-17(32-2)20(10-14)35-5/h6-12,22,29H,1-5H3/b23-21+. The molecule has 1 atom stereocenters. The number of ether oxygens (including phenoxy) is 4. The van der Waals surface area contributed by atoms with Crippen molar-refractivity contribution in [3.05, 3.63) is 68.4 Å². The van der Waals surface area contributed by atoms with Gasteiger partial charge in [0.15, 0.2) is 11.5 Å². The summed E-state index contributed by atoms with van der Waals surface area (Å²) in [6.45, 7) is 1.88. The first-order chi connectivity index (χ1) is 17.3. The van der Waals surface area contributed by atoms with E-state index in [4.69, 9.17) is 30.5 Å². The first-order valence-corrected chi connectivity index (χ1v) is 12.0. The second kappa shape index (κ2) is 10.1. The van der Waals surface area contributed by atoms with Gasteiger partial charge in [0.2, 0.25) is 0 Å². The monoisotopic (exact) mass is 529 g/mol. The summed E-state index contributed by atoms with van der Waals surface area (Å²) in [7, 11) is 5.84. The number of hydrogen-bond donors (Lipinski definition) is 1. The molecule has 36 heavy (non-hydrogen) atoms. The molecule has 0 spiro atoms. The summed E-state index contributed by atoms with van der Waals surface area (Å²) in [6.07, 6.45) is 0. The number of methoxy groups -OCH3 is 4. The molecule has 1 unspecified atom stereocenters. The third-order valence-electron chi connectivity index (χ3n) is 5.97. The minimum Gasteiger partial charge on any atom is -0.507 e. The lowest BCUT2D eigenvalue weighted by Gasteiger charge is -2.26. The molecule has 2 aromatic carbocycles. The van der Waals surface area contributed by atoms with E-state index in [9.17, 15) is 14.7 Å². The number of rotatable bonds is 7. The molecule has 0 aliphatic carbocycles. The minimum absolute atomic E-state index is 0.0805. The van der Waals surface area contributed by atoms with E-state index >= 15 is 0 Å². The Labute approximate surface area is 217 Å². The van der Waals surface area contributed by atoms with Gasteiger partial charge in [0.25, 0.3) is 11.7 Å². The van der Waals surface area contributed by atoms with E-state index in [2.05, 4.69) is 0 Å². The smallest absolute Gasteiger partial charge is 0.300 e. The van der Waals surface area contributed by atoms with Crippen molar-refractivity contribution in [3.63, 3.8) is 0 Å². The van der Waals surface area contributed by atoms with E-state index in [1.807, 2.05) is 18.4 Å². The number of amides is 1. The highest BCUT2D eigenvalue weighted by Crippen LogP contribution is 2.47. The number of ketones is 1. The van der Waals surface area contributed by atoms with Gasteiger partial charge in [-0.25, -0.2) is 0 Å². The molecular formula is C26H24ClNO7S. The van der Waals surface area contributed by atoms with Crippen molar-refractivity contribution < 1.29 is 33.6 Å². The molecule has 188 valence electrons. The first kappa shape index (κ1) is 25.4. The van der Waals surface area contributed by atoms with Crippen molar-refractivity contribution >= 4 is 46.1 Å². The maximum Gasteiger partial charge on any atom is 0.300 e. The normalized spacial score (nSPS) is 16.8. The highest BCUT2D eigenvalue weighted by Gasteiger charge is 2.48. The fraction of sp³-hybridized carbons (Fsp3) is 0.231. The number of aliphatic hydroxyl groups is 1. The number of aryl methyl sites for hydroxylation is 1. The summed E-state index contributed by atoms with van der Waals surface area (Å²) in [5, 5.41) is 13.6. The van der Waals surface area contributed by atoms with Gasteiger partial charge in [-0.3, -0.25) is 14.5 Å². The van der Waals surface area contributed by atoms with Crippen LogP contribution in [0.5, 0.6) is 23.0 Å². The summed E-state index contributed by atoms with van der Waals surface area (Å²) in [5.74, 6) is -0.671. The lowest BCUT2D eigenvalue weighted by Crippen LogP contribution is -2.29. The van der Waals surface area contributed by atoms with Gasteiger partial charge < -0.3 is 24.1 Å². The predicted octanol–water partition coefficient (Wildman–Crippen LogP) is 5.37. The zero-order valence-corrected chi connectivity index (χ0v) is 21.8. The number of hydrogen-bond acceptors (Lipinski definition) is 8. The van der Waals surface area contributed by atoms with Crippen molar-refractivity contribution in [3.8, 4) is 23.0 Å². The maximum atomic E-state index is 13.5. The van der Waals surface area contributed by atoms with Gasteiger partial charge in [0.1, 0.15) is 23.3 Å². The van der Waals surface area contributed by atoms with Crippen molar-refractivity contribution in [1.82, 2.24) is 0 Å². The van der Waals surface area contributed by atoms with Crippen LogP contribution in [0.15, 0.2) is 47.4 Å². The third-order valence-corrected chi connectivity index (χ3v) is 7.34. The third kappa shape index (κ3) is 4.14. The van der Waals surface area contributed by atoms with Crippen LogP contribution in [0.25, 0.3) is 5.76 Å². The van der Waals surface area contributed by atoms with Gasteiger partial charge >= 0.3 is 0 Å². The Bertz CT molecular complexity index is 1380. The van der Waals surface area contributed by atoms with E-state index in [0.717, 1.165) is 10.4 Å². The zero-order chi connectivity index (χ0) is 26.1. The summed E-state index contributed by atoms with van der Waals surface area (Å²) >= 11 is 7.61. The molecule has 0 bridgehead atoms. The highest BCUT2D eigenvalue weighted by atomic mass is 35.5. The molecule has 3 aromatic rings. The molecule has 8 nitrogen and oxygen atoms in total. The minimum atomic E-state index is -0.894. The van der Waals surface area contributed by atoms with Crippen molar-refractivity contribution in [1.29, 1.82) is 0 Å². The second-order valence-electron chi connectivity index (χ2n) is 7.86. The summed E-state index contributed by atoms with van der Waals surface area (Å²) < 4.78 is 21.4. The first-order valence-electron chi connectivity index (χ1n) is 10.8. The summed E-state index contributed by atoms with van der Waals surface area (Å²) in [4.78, 5) is 29.0. The lowest BCUT2D eigenvalue weighted by atomic mass is 9.97. The van der Waals surface area contributed by atoms with Crippen LogP contribution in [0.3, 0.4) is 0 Å². The largest absolute Gasteiger partial charge is 0.507 e. The van der Waals surface area contributed by atoms with Gasteiger partial charge in [0.05, 0.1) is 44.6 Å². The Kier molecular flexibility index (Phi) is 7.14. The molecule has 10 heteroatoms. The average Bonchev–Trinajstić information content (AvgIpc) is 3.42. The predicted molar refractivity (Wildman–Crippen MR) is 138 cm³/mol.